The number of para-hydroxylation sites is 1. The Morgan fingerprint density at radius 1 is 1.15 bits per heavy atom. The van der Waals surface area contributed by atoms with Gasteiger partial charge in [0.15, 0.2) is 0 Å². The first kappa shape index (κ1) is 23.9. The molecule has 0 radical (unpaired) electrons. The van der Waals surface area contributed by atoms with Crippen molar-refractivity contribution in [2.45, 2.75) is 18.9 Å². The fourth-order valence-electron chi connectivity index (χ4n) is 4.43. The molecule has 1 N–H and O–H groups in total. The molecule has 7 nitrogen and oxygen atoms in total. The largest absolute Gasteiger partial charge is 0.497 e. The number of pyridine rings is 1. The molecule has 0 amide bonds. The summed E-state index contributed by atoms with van der Waals surface area (Å²) < 4.78 is 25.6. The Kier molecular flexibility index (Phi) is 7.92. The second-order valence-electron chi connectivity index (χ2n) is 8.42. The second-order valence-corrected chi connectivity index (χ2v) is 8.42. The number of carboxylic acid groups (broad SMARTS) is 1. The number of halogens is 1. The van der Waals surface area contributed by atoms with E-state index in [2.05, 4.69) is 9.88 Å². The molecule has 4 rings (SSSR count). The van der Waals surface area contributed by atoms with Crippen molar-refractivity contribution < 1.29 is 23.8 Å². The number of rotatable bonds is 10. The summed E-state index contributed by atoms with van der Waals surface area (Å²) in [5.74, 6) is 0.279. The van der Waals surface area contributed by atoms with Crippen molar-refractivity contribution in [3.05, 3.63) is 66.1 Å². The first-order chi connectivity index (χ1) is 16.5. The van der Waals surface area contributed by atoms with E-state index in [9.17, 15) is 14.3 Å². The van der Waals surface area contributed by atoms with Gasteiger partial charge in [0.2, 0.25) is 0 Å². The molecule has 8 heteroatoms. The molecule has 0 spiro atoms. The molecule has 1 saturated heterocycles. The lowest BCUT2D eigenvalue weighted by Gasteiger charge is -2.39. The normalized spacial score (nSPS) is 17.1. The Morgan fingerprint density at radius 2 is 1.97 bits per heavy atom. The highest BCUT2D eigenvalue weighted by atomic mass is 19.1. The van der Waals surface area contributed by atoms with E-state index in [4.69, 9.17) is 9.47 Å². The van der Waals surface area contributed by atoms with Crippen LogP contribution in [0.15, 0.2) is 54.7 Å². The highest BCUT2D eigenvalue weighted by Crippen LogP contribution is 2.26. The molecule has 2 heterocycles. The Morgan fingerprint density at radius 3 is 2.74 bits per heavy atom. The second kappa shape index (κ2) is 11.3. The summed E-state index contributed by atoms with van der Waals surface area (Å²) in [6.45, 7) is 3.62. The van der Waals surface area contributed by atoms with Crippen LogP contribution >= 0.6 is 0 Å². The van der Waals surface area contributed by atoms with Crippen molar-refractivity contribution in [2.75, 3.05) is 46.4 Å². The Labute approximate surface area is 198 Å². The summed E-state index contributed by atoms with van der Waals surface area (Å²) >= 11 is 0. The number of ether oxygens (including phenoxy) is 2. The van der Waals surface area contributed by atoms with Gasteiger partial charge in [-0.1, -0.05) is 18.2 Å². The molecule has 3 aromatic rings. The van der Waals surface area contributed by atoms with Gasteiger partial charge in [-0.2, -0.15) is 0 Å². The van der Waals surface area contributed by atoms with E-state index < -0.39 is 12.0 Å². The predicted octanol–water partition coefficient (Wildman–Crippen LogP) is 3.46. The van der Waals surface area contributed by atoms with E-state index in [0.717, 1.165) is 17.7 Å². The van der Waals surface area contributed by atoms with Crippen LogP contribution in [0.4, 0.5) is 4.39 Å². The fraction of sp³-hybridized carbons (Fsp3) is 0.385. The summed E-state index contributed by atoms with van der Waals surface area (Å²) in [5, 5.41) is 10.5. The third-order valence-corrected chi connectivity index (χ3v) is 6.29. The van der Waals surface area contributed by atoms with Crippen LogP contribution in [0.25, 0.3) is 10.9 Å². The van der Waals surface area contributed by atoms with Gasteiger partial charge in [-0.25, -0.2) is 4.39 Å². The van der Waals surface area contributed by atoms with Crippen molar-refractivity contribution in [1.29, 1.82) is 0 Å². The lowest BCUT2D eigenvalue weighted by molar-refractivity contribution is -0.146. The van der Waals surface area contributed by atoms with Crippen LogP contribution in [0.2, 0.25) is 0 Å². The number of piperazine rings is 1. The maximum atomic E-state index is 14.6. The minimum Gasteiger partial charge on any atom is -0.497 e. The van der Waals surface area contributed by atoms with E-state index in [1.54, 1.807) is 19.2 Å². The standard InChI is InChI=1S/C26H30FN3O4/c1-33-20-9-10-24-22(16-20)21(23(27)17-28-24)8-5-11-30-13-12-29(18-25(30)26(31)32)14-15-34-19-6-3-2-4-7-19/h2-4,6-7,9-10,16-17,25H,5,8,11-15,18H2,1H3,(H,31,32)/t25-/m1/s1. The van der Waals surface area contributed by atoms with Crippen LogP contribution in [-0.4, -0.2) is 78.3 Å². The molecule has 0 saturated carbocycles. The van der Waals surface area contributed by atoms with Crippen LogP contribution in [0, 0.1) is 5.82 Å². The van der Waals surface area contributed by atoms with Crippen molar-refractivity contribution in [3.63, 3.8) is 0 Å². The maximum absolute atomic E-state index is 14.6. The summed E-state index contributed by atoms with van der Waals surface area (Å²) in [6.07, 6.45) is 2.39. The summed E-state index contributed by atoms with van der Waals surface area (Å²) in [5.41, 5.74) is 1.31. The lowest BCUT2D eigenvalue weighted by atomic mass is 10.0. The molecule has 1 atom stereocenters. The highest BCUT2D eigenvalue weighted by molar-refractivity contribution is 5.83. The van der Waals surface area contributed by atoms with Gasteiger partial charge < -0.3 is 14.6 Å². The van der Waals surface area contributed by atoms with Gasteiger partial charge in [0.25, 0.3) is 0 Å². The zero-order valence-corrected chi connectivity index (χ0v) is 19.3. The zero-order valence-electron chi connectivity index (χ0n) is 19.3. The number of aryl methyl sites for hydroxylation is 1. The third kappa shape index (κ3) is 5.81. The highest BCUT2D eigenvalue weighted by Gasteiger charge is 2.31. The number of fused-ring (bicyclic) bond motifs is 1. The molecule has 2 aromatic carbocycles. The minimum atomic E-state index is -0.834. The first-order valence-corrected chi connectivity index (χ1v) is 11.5. The molecule has 1 aliphatic rings. The minimum absolute atomic E-state index is 0.348. The van der Waals surface area contributed by atoms with Gasteiger partial charge in [-0.15, -0.1) is 0 Å². The lowest BCUT2D eigenvalue weighted by Crippen LogP contribution is -2.57. The average molecular weight is 468 g/mol. The number of aromatic nitrogens is 1. The monoisotopic (exact) mass is 467 g/mol. The smallest absolute Gasteiger partial charge is 0.322 e. The van der Waals surface area contributed by atoms with Gasteiger partial charge in [0.05, 0.1) is 18.8 Å². The number of methoxy groups -OCH3 is 1. The Bertz CT molecular complexity index is 1110. The number of nitrogens with zero attached hydrogens (tertiary/aromatic N) is 3. The third-order valence-electron chi connectivity index (χ3n) is 6.29. The predicted molar refractivity (Wildman–Crippen MR) is 128 cm³/mol. The number of aliphatic carboxylic acids is 1. The van der Waals surface area contributed by atoms with E-state index >= 15 is 0 Å². The molecule has 1 aromatic heterocycles. The molecule has 180 valence electrons. The van der Waals surface area contributed by atoms with Crippen molar-refractivity contribution >= 4 is 16.9 Å². The molecule has 0 unspecified atom stereocenters. The summed E-state index contributed by atoms with van der Waals surface area (Å²) in [7, 11) is 1.58. The summed E-state index contributed by atoms with van der Waals surface area (Å²) in [6, 6.07) is 14.4. The fourth-order valence-corrected chi connectivity index (χ4v) is 4.43. The summed E-state index contributed by atoms with van der Waals surface area (Å²) in [4.78, 5) is 20.2. The van der Waals surface area contributed by atoms with E-state index in [0.29, 0.717) is 62.5 Å². The topological polar surface area (TPSA) is 75.1 Å². The quantitative estimate of drug-likeness (QED) is 0.489. The van der Waals surface area contributed by atoms with Crippen LogP contribution in [0.5, 0.6) is 11.5 Å². The van der Waals surface area contributed by atoms with Crippen LogP contribution in [0.3, 0.4) is 0 Å². The van der Waals surface area contributed by atoms with Crippen molar-refractivity contribution in [2.24, 2.45) is 0 Å². The number of carbonyl (C=O) groups is 1. The molecular formula is C26H30FN3O4. The van der Waals surface area contributed by atoms with Gasteiger partial charge in [0.1, 0.15) is 30.0 Å². The Hall–Kier alpha value is -3.23. The number of benzene rings is 2. The number of carboxylic acids is 1. The molecular weight excluding hydrogens is 437 g/mol. The van der Waals surface area contributed by atoms with Crippen LogP contribution in [-0.2, 0) is 11.2 Å². The SMILES string of the molecule is COc1ccc2ncc(F)c(CCCN3CCN(CCOc4ccccc4)C[C@@H]3C(=O)O)c2c1. The van der Waals surface area contributed by atoms with Crippen LogP contribution in [0.1, 0.15) is 12.0 Å². The van der Waals surface area contributed by atoms with E-state index in [1.807, 2.05) is 41.3 Å². The molecule has 1 aliphatic heterocycles. The van der Waals surface area contributed by atoms with E-state index in [-0.39, 0.29) is 5.82 Å². The maximum Gasteiger partial charge on any atom is 0.322 e. The zero-order chi connectivity index (χ0) is 23.9. The average Bonchev–Trinajstić information content (AvgIpc) is 2.86. The molecule has 0 bridgehead atoms. The van der Waals surface area contributed by atoms with Gasteiger partial charge in [-0.05, 0) is 55.3 Å². The molecule has 0 aliphatic carbocycles. The van der Waals surface area contributed by atoms with Gasteiger partial charge in [0, 0.05) is 31.6 Å². The number of hydrogen-bond donors (Lipinski definition) is 1. The Balaban J connectivity index is 1.32. The van der Waals surface area contributed by atoms with E-state index in [1.165, 1.54) is 6.20 Å². The van der Waals surface area contributed by atoms with Gasteiger partial charge >= 0.3 is 5.97 Å². The van der Waals surface area contributed by atoms with Crippen molar-refractivity contribution in [1.82, 2.24) is 14.8 Å². The first-order valence-electron chi connectivity index (χ1n) is 11.5. The van der Waals surface area contributed by atoms with Gasteiger partial charge in [-0.3, -0.25) is 19.6 Å². The van der Waals surface area contributed by atoms with Crippen molar-refractivity contribution in [3.8, 4) is 11.5 Å². The number of hydrogen-bond acceptors (Lipinski definition) is 6. The van der Waals surface area contributed by atoms with Crippen LogP contribution < -0.4 is 9.47 Å². The molecule has 34 heavy (non-hydrogen) atoms. The molecule has 1 fully saturated rings.